The maximum atomic E-state index is 13.4. The van der Waals surface area contributed by atoms with Crippen LogP contribution in [0, 0.1) is 10.1 Å². The minimum Gasteiger partial charge on any atom is -0.496 e. The molecule has 1 aliphatic carbocycles. The van der Waals surface area contributed by atoms with Crippen LogP contribution in [0.5, 0.6) is 11.5 Å². The van der Waals surface area contributed by atoms with Crippen molar-refractivity contribution in [2.75, 3.05) is 18.6 Å². The molecule has 1 amide bonds. The molecule has 8 heteroatoms. The van der Waals surface area contributed by atoms with Crippen molar-refractivity contribution in [3.8, 4) is 11.5 Å². The maximum absolute atomic E-state index is 13.4. The predicted octanol–water partition coefficient (Wildman–Crippen LogP) is 4.53. The number of carbonyl (C=O) groups excluding carboxylic acids is 2. The van der Waals surface area contributed by atoms with Gasteiger partial charge in [-0.15, -0.1) is 0 Å². The lowest BCUT2D eigenvalue weighted by molar-refractivity contribution is -0.384. The Labute approximate surface area is 185 Å². The molecule has 166 valence electrons. The second kappa shape index (κ2) is 8.82. The molecule has 1 aliphatic heterocycles. The van der Waals surface area contributed by atoms with Crippen LogP contribution in [-0.4, -0.2) is 30.3 Å². The molecule has 2 aromatic rings. The first-order valence-electron chi connectivity index (χ1n) is 10.6. The number of benzene rings is 2. The van der Waals surface area contributed by atoms with Crippen molar-refractivity contribution in [3.63, 3.8) is 0 Å². The van der Waals surface area contributed by atoms with Crippen LogP contribution in [0.4, 0.5) is 11.4 Å². The number of nitro benzene ring substituents is 1. The monoisotopic (exact) mass is 436 g/mol. The molecule has 8 nitrogen and oxygen atoms in total. The lowest BCUT2D eigenvalue weighted by Gasteiger charge is -2.38. The number of nitrogens with zero attached hydrogens (tertiary/aromatic N) is 2. The smallest absolute Gasteiger partial charge is 0.297 e. The van der Waals surface area contributed by atoms with Gasteiger partial charge in [-0.25, -0.2) is 0 Å². The average Bonchev–Trinajstić information content (AvgIpc) is 2.79. The number of Topliss-reactive ketones (excluding diaryl/α,β-unsaturated/α-hetero) is 1. The summed E-state index contributed by atoms with van der Waals surface area (Å²) in [5.74, 6) is 0.199. The van der Waals surface area contributed by atoms with Crippen LogP contribution < -0.4 is 14.4 Å². The van der Waals surface area contributed by atoms with E-state index in [1.807, 2.05) is 31.2 Å². The zero-order chi connectivity index (χ0) is 22.8. The highest BCUT2D eigenvalue weighted by atomic mass is 16.6. The van der Waals surface area contributed by atoms with E-state index in [1.54, 1.807) is 6.07 Å². The van der Waals surface area contributed by atoms with Crippen molar-refractivity contribution in [1.82, 2.24) is 0 Å². The molecule has 1 atom stereocenters. The van der Waals surface area contributed by atoms with Gasteiger partial charge in [0, 0.05) is 35.6 Å². The molecular formula is C24H24N2O6. The van der Waals surface area contributed by atoms with Crippen molar-refractivity contribution in [2.45, 2.75) is 38.5 Å². The predicted molar refractivity (Wildman–Crippen MR) is 118 cm³/mol. The minimum atomic E-state index is -0.535. The standard InChI is InChI=1S/C24H24N2O6/c1-3-32-22-10-5-4-7-16(22)17-14-23(28)25(19-8-6-9-21(27)24(17)19)18-12-11-15(31-2)13-20(18)26(29)30/h4-5,7,10-13,17H,3,6,8-9,14H2,1-2H3. The van der Waals surface area contributed by atoms with Crippen LogP contribution in [0.25, 0.3) is 0 Å². The Bertz CT molecular complexity index is 1120. The van der Waals surface area contributed by atoms with Crippen LogP contribution in [0.15, 0.2) is 53.7 Å². The lowest BCUT2D eigenvalue weighted by atomic mass is 9.77. The van der Waals surface area contributed by atoms with E-state index in [2.05, 4.69) is 0 Å². The number of rotatable bonds is 6. The molecule has 0 N–H and O–H groups in total. The van der Waals surface area contributed by atoms with Gasteiger partial charge in [-0.2, -0.15) is 0 Å². The Kier molecular flexibility index (Phi) is 5.94. The highest BCUT2D eigenvalue weighted by Gasteiger charge is 2.42. The van der Waals surface area contributed by atoms with Crippen molar-refractivity contribution >= 4 is 23.1 Å². The minimum absolute atomic E-state index is 0.0256. The Morgan fingerprint density at radius 2 is 1.94 bits per heavy atom. The molecule has 1 heterocycles. The molecule has 4 rings (SSSR count). The fraction of sp³-hybridized carbons (Fsp3) is 0.333. The first kappa shape index (κ1) is 21.5. The molecule has 2 aliphatic rings. The molecule has 0 saturated carbocycles. The molecule has 0 radical (unpaired) electrons. The van der Waals surface area contributed by atoms with Gasteiger partial charge in [0.1, 0.15) is 17.2 Å². The fourth-order valence-electron chi connectivity index (χ4n) is 4.56. The molecule has 1 unspecified atom stereocenters. The Hall–Kier alpha value is -3.68. The first-order valence-corrected chi connectivity index (χ1v) is 10.6. The SMILES string of the molecule is CCOc1ccccc1C1CC(=O)N(c2ccc(OC)cc2[N+](=O)[O-])C2=C1C(=O)CCC2. The number of ether oxygens (including phenoxy) is 2. The second-order valence-electron chi connectivity index (χ2n) is 7.71. The normalized spacial score (nSPS) is 18.4. The number of carbonyl (C=O) groups is 2. The summed E-state index contributed by atoms with van der Waals surface area (Å²) in [4.78, 5) is 39.1. The number of allylic oxidation sites excluding steroid dienone is 2. The number of nitro groups is 1. The van der Waals surface area contributed by atoms with Crippen LogP contribution in [-0.2, 0) is 9.59 Å². The molecule has 0 saturated heterocycles. The summed E-state index contributed by atoms with van der Waals surface area (Å²) < 4.78 is 10.9. The van der Waals surface area contributed by atoms with Crippen LogP contribution in [0.3, 0.4) is 0 Å². The van der Waals surface area contributed by atoms with E-state index in [1.165, 1.54) is 24.1 Å². The third kappa shape index (κ3) is 3.72. The number of amides is 1. The van der Waals surface area contributed by atoms with E-state index in [4.69, 9.17) is 9.47 Å². The van der Waals surface area contributed by atoms with Crippen molar-refractivity contribution in [2.24, 2.45) is 0 Å². The summed E-state index contributed by atoms with van der Waals surface area (Å²) in [5, 5.41) is 11.8. The van der Waals surface area contributed by atoms with Gasteiger partial charge in [-0.1, -0.05) is 18.2 Å². The molecule has 0 spiro atoms. The summed E-state index contributed by atoms with van der Waals surface area (Å²) in [6.45, 7) is 2.34. The Morgan fingerprint density at radius 3 is 2.66 bits per heavy atom. The van der Waals surface area contributed by atoms with Gasteiger partial charge in [-0.3, -0.25) is 24.6 Å². The van der Waals surface area contributed by atoms with Gasteiger partial charge in [0.05, 0.1) is 24.7 Å². The lowest BCUT2D eigenvalue weighted by Crippen LogP contribution is -2.41. The molecule has 2 aromatic carbocycles. The van der Waals surface area contributed by atoms with Crippen LogP contribution in [0.1, 0.15) is 44.1 Å². The number of hydrogen-bond acceptors (Lipinski definition) is 6. The molecular weight excluding hydrogens is 412 g/mol. The number of para-hydroxylation sites is 1. The Morgan fingerprint density at radius 1 is 1.16 bits per heavy atom. The highest BCUT2D eigenvalue weighted by Crippen LogP contribution is 2.47. The molecule has 0 fully saturated rings. The van der Waals surface area contributed by atoms with E-state index in [-0.39, 0.29) is 29.5 Å². The topological polar surface area (TPSA) is 99.0 Å². The number of hydrogen-bond donors (Lipinski definition) is 0. The summed E-state index contributed by atoms with van der Waals surface area (Å²) in [6, 6.07) is 11.8. The fourth-order valence-corrected chi connectivity index (χ4v) is 4.56. The van der Waals surface area contributed by atoms with Gasteiger partial charge in [-0.05, 0) is 38.0 Å². The van der Waals surface area contributed by atoms with Crippen LogP contribution >= 0.6 is 0 Å². The van der Waals surface area contributed by atoms with Gasteiger partial charge < -0.3 is 9.47 Å². The maximum Gasteiger partial charge on any atom is 0.297 e. The van der Waals surface area contributed by atoms with Crippen molar-refractivity contribution in [1.29, 1.82) is 0 Å². The number of ketones is 1. The summed E-state index contributed by atoms with van der Waals surface area (Å²) in [6.07, 6.45) is 1.49. The van der Waals surface area contributed by atoms with Crippen molar-refractivity contribution in [3.05, 3.63) is 69.4 Å². The van der Waals surface area contributed by atoms with E-state index in [9.17, 15) is 19.7 Å². The summed E-state index contributed by atoms with van der Waals surface area (Å²) in [7, 11) is 1.42. The highest BCUT2D eigenvalue weighted by molar-refractivity contribution is 6.08. The summed E-state index contributed by atoms with van der Waals surface area (Å²) in [5.41, 5.74) is 1.79. The van der Waals surface area contributed by atoms with E-state index in [0.29, 0.717) is 48.6 Å². The van der Waals surface area contributed by atoms with Gasteiger partial charge in [0.25, 0.3) is 5.69 Å². The van der Waals surface area contributed by atoms with E-state index < -0.39 is 10.8 Å². The van der Waals surface area contributed by atoms with E-state index >= 15 is 0 Å². The summed E-state index contributed by atoms with van der Waals surface area (Å²) >= 11 is 0. The van der Waals surface area contributed by atoms with Gasteiger partial charge in [0.2, 0.25) is 5.91 Å². The molecule has 0 bridgehead atoms. The molecule has 0 aromatic heterocycles. The third-order valence-electron chi connectivity index (χ3n) is 5.89. The number of methoxy groups -OCH3 is 1. The number of anilines is 1. The zero-order valence-electron chi connectivity index (χ0n) is 18.0. The van der Waals surface area contributed by atoms with Crippen LogP contribution in [0.2, 0.25) is 0 Å². The second-order valence-corrected chi connectivity index (χ2v) is 7.71. The molecule has 32 heavy (non-hydrogen) atoms. The largest absolute Gasteiger partial charge is 0.496 e. The van der Waals surface area contributed by atoms with E-state index in [0.717, 1.165) is 5.56 Å². The third-order valence-corrected chi connectivity index (χ3v) is 5.89. The first-order chi connectivity index (χ1) is 15.5. The Balaban J connectivity index is 1.90. The van der Waals surface area contributed by atoms with Gasteiger partial charge >= 0.3 is 0 Å². The van der Waals surface area contributed by atoms with Gasteiger partial charge in [0.15, 0.2) is 5.78 Å². The van der Waals surface area contributed by atoms with Crippen molar-refractivity contribution < 1.29 is 24.0 Å². The quantitative estimate of drug-likeness (QED) is 0.487. The average molecular weight is 436 g/mol. The zero-order valence-corrected chi connectivity index (χ0v) is 18.0.